The van der Waals surface area contributed by atoms with Gasteiger partial charge < -0.3 is 9.84 Å². The van der Waals surface area contributed by atoms with Crippen molar-refractivity contribution in [1.29, 1.82) is 0 Å². The second-order valence-corrected chi connectivity index (χ2v) is 4.24. The first-order chi connectivity index (χ1) is 7.13. The van der Waals surface area contributed by atoms with Crippen LogP contribution in [-0.4, -0.2) is 24.9 Å². The molecule has 4 heteroatoms. The smallest absolute Gasteiger partial charge is 0.124 e. The second-order valence-electron chi connectivity index (χ2n) is 3.38. The number of hydrogen-bond acceptors (Lipinski definition) is 2. The van der Waals surface area contributed by atoms with Crippen LogP contribution in [-0.2, 0) is 11.2 Å². The van der Waals surface area contributed by atoms with Crippen molar-refractivity contribution in [2.24, 2.45) is 0 Å². The lowest BCUT2D eigenvalue weighted by Gasteiger charge is -2.10. The summed E-state index contributed by atoms with van der Waals surface area (Å²) in [5.74, 6) is -0.261. The van der Waals surface area contributed by atoms with Crippen molar-refractivity contribution in [3.8, 4) is 0 Å². The number of aliphatic hydroxyl groups is 1. The molecule has 0 aliphatic carbocycles. The zero-order valence-corrected chi connectivity index (χ0v) is 10.1. The van der Waals surface area contributed by atoms with Crippen LogP contribution < -0.4 is 0 Å². The number of aliphatic hydroxyl groups excluding tert-OH is 1. The molecule has 0 heterocycles. The molecule has 1 atom stereocenters. The first-order valence-electron chi connectivity index (χ1n) is 4.74. The number of halogens is 2. The highest BCUT2D eigenvalue weighted by Gasteiger charge is 2.06. The van der Waals surface area contributed by atoms with Crippen LogP contribution >= 0.6 is 15.9 Å². The van der Waals surface area contributed by atoms with E-state index in [4.69, 9.17) is 4.74 Å². The van der Waals surface area contributed by atoms with Crippen LogP contribution in [0.25, 0.3) is 0 Å². The van der Waals surface area contributed by atoms with Gasteiger partial charge in [0.15, 0.2) is 0 Å². The fraction of sp³-hybridized carbons (Fsp3) is 0.455. The summed E-state index contributed by atoms with van der Waals surface area (Å²) in [6, 6.07) is 4.57. The third-order valence-corrected chi connectivity index (χ3v) is 2.86. The summed E-state index contributed by atoms with van der Waals surface area (Å²) >= 11 is 3.28. The van der Waals surface area contributed by atoms with Crippen LogP contribution in [0.15, 0.2) is 22.7 Å². The number of rotatable bonds is 5. The Bertz CT molecular complexity index is 317. The van der Waals surface area contributed by atoms with E-state index in [9.17, 15) is 9.50 Å². The summed E-state index contributed by atoms with van der Waals surface area (Å²) in [6.07, 6.45) is 0.843. The Morgan fingerprint density at radius 1 is 1.53 bits per heavy atom. The Hall–Kier alpha value is -0.450. The SMILES string of the molecule is COCC(O)CCc1ccc(F)cc1Br. The van der Waals surface area contributed by atoms with E-state index in [1.165, 1.54) is 12.1 Å². The Kier molecular flexibility index (Phi) is 5.22. The molecule has 2 nitrogen and oxygen atoms in total. The summed E-state index contributed by atoms with van der Waals surface area (Å²) in [4.78, 5) is 0. The third-order valence-electron chi connectivity index (χ3n) is 2.12. The fourth-order valence-corrected chi connectivity index (χ4v) is 1.87. The summed E-state index contributed by atoms with van der Waals surface area (Å²) in [5.41, 5.74) is 0.992. The van der Waals surface area contributed by atoms with E-state index in [-0.39, 0.29) is 5.82 Å². The summed E-state index contributed by atoms with van der Waals surface area (Å²) in [7, 11) is 1.55. The predicted molar refractivity (Wildman–Crippen MR) is 60.3 cm³/mol. The molecule has 0 saturated carbocycles. The van der Waals surface area contributed by atoms with Gasteiger partial charge in [0, 0.05) is 11.6 Å². The zero-order valence-electron chi connectivity index (χ0n) is 8.54. The van der Waals surface area contributed by atoms with E-state index in [1.54, 1.807) is 13.2 Å². The fourth-order valence-electron chi connectivity index (χ4n) is 1.32. The number of benzene rings is 1. The second kappa shape index (κ2) is 6.20. The van der Waals surface area contributed by atoms with Gasteiger partial charge >= 0.3 is 0 Å². The van der Waals surface area contributed by atoms with Gasteiger partial charge in [0.1, 0.15) is 5.82 Å². The van der Waals surface area contributed by atoms with Crippen molar-refractivity contribution in [3.63, 3.8) is 0 Å². The summed E-state index contributed by atoms with van der Waals surface area (Å²) < 4.78 is 18.3. The third kappa shape index (κ3) is 4.28. The molecule has 0 aromatic heterocycles. The van der Waals surface area contributed by atoms with Gasteiger partial charge in [-0.3, -0.25) is 0 Å². The van der Waals surface area contributed by atoms with Gasteiger partial charge in [0.2, 0.25) is 0 Å². The van der Waals surface area contributed by atoms with Crippen molar-refractivity contribution in [2.45, 2.75) is 18.9 Å². The Labute approximate surface area is 97.2 Å². The highest BCUT2D eigenvalue weighted by Crippen LogP contribution is 2.19. The first kappa shape index (κ1) is 12.6. The average molecular weight is 277 g/mol. The largest absolute Gasteiger partial charge is 0.391 e. The summed E-state index contributed by atoms with van der Waals surface area (Å²) in [6.45, 7) is 0.332. The molecule has 1 rings (SSSR count). The monoisotopic (exact) mass is 276 g/mol. The predicted octanol–water partition coefficient (Wildman–Crippen LogP) is 2.53. The van der Waals surface area contributed by atoms with Crippen molar-refractivity contribution in [1.82, 2.24) is 0 Å². The molecular weight excluding hydrogens is 263 g/mol. The molecule has 0 aliphatic rings. The molecule has 0 aliphatic heterocycles. The van der Waals surface area contributed by atoms with Crippen molar-refractivity contribution < 1.29 is 14.2 Å². The van der Waals surface area contributed by atoms with Gasteiger partial charge in [-0.25, -0.2) is 4.39 Å². The Balaban J connectivity index is 2.50. The van der Waals surface area contributed by atoms with Crippen LogP contribution in [0.4, 0.5) is 4.39 Å². The van der Waals surface area contributed by atoms with E-state index in [1.807, 2.05) is 0 Å². The average Bonchev–Trinajstić information content (AvgIpc) is 2.17. The van der Waals surface area contributed by atoms with Crippen molar-refractivity contribution in [3.05, 3.63) is 34.1 Å². The van der Waals surface area contributed by atoms with Gasteiger partial charge in [-0.05, 0) is 30.5 Å². The zero-order chi connectivity index (χ0) is 11.3. The maximum atomic E-state index is 12.8. The highest BCUT2D eigenvalue weighted by molar-refractivity contribution is 9.10. The van der Waals surface area contributed by atoms with Gasteiger partial charge in [-0.15, -0.1) is 0 Å². The molecule has 0 saturated heterocycles. The van der Waals surface area contributed by atoms with Gasteiger partial charge in [-0.1, -0.05) is 22.0 Å². The molecule has 0 fully saturated rings. The number of hydrogen-bond donors (Lipinski definition) is 1. The van der Waals surface area contributed by atoms with Crippen LogP contribution in [0.5, 0.6) is 0 Å². The van der Waals surface area contributed by atoms with Crippen molar-refractivity contribution >= 4 is 15.9 Å². The molecule has 0 amide bonds. The molecular formula is C11H14BrFO2. The van der Waals surface area contributed by atoms with E-state index < -0.39 is 6.10 Å². The minimum absolute atomic E-state index is 0.261. The van der Waals surface area contributed by atoms with E-state index >= 15 is 0 Å². The Morgan fingerprint density at radius 2 is 2.27 bits per heavy atom. The molecule has 0 radical (unpaired) electrons. The molecule has 84 valence electrons. The molecule has 1 N–H and O–H groups in total. The lowest BCUT2D eigenvalue weighted by molar-refractivity contribution is 0.0595. The van der Waals surface area contributed by atoms with Crippen molar-refractivity contribution in [2.75, 3.05) is 13.7 Å². The van der Waals surface area contributed by atoms with Crippen LogP contribution in [0.3, 0.4) is 0 Å². The lowest BCUT2D eigenvalue weighted by Crippen LogP contribution is -2.14. The maximum absolute atomic E-state index is 12.8. The topological polar surface area (TPSA) is 29.5 Å². The van der Waals surface area contributed by atoms with Gasteiger partial charge in [0.25, 0.3) is 0 Å². The molecule has 1 unspecified atom stereocenters. The standard InChI is InChI=1S/C11H14BrFO2/c1-15-7-10(14)5-3-8-2-4-9(13)6-11(8)12/h2,4,6,10,14H,3,5,7H2,1H3. The minimum Gasteiger partial charge on any atom is -0.391 e. The van der Waals surface area contributed by atoms with E-state index in [0.29, 0.717) is 19.4 Å². The van der Waals surface area contributed by atoms with Gasteiger partial charge in [0.05, 0.1) is 12.7 Å². The number of methoxy groups -OCH3 is 1. The van der Waals surface area contributed by atoms with E-state index in [0.717, 1.165) is 10.0 Å². The molecule has 0 spiro atoms. The van der Waals surface area contributed by atoms with Crippen LogP contribution in [0.2, 0.25) is 0 Å². The van der Waals surface area contributed by atoms with Gasteiger partial charge in [-0.2, -0.15) is 0 Å². The normalized spacial score (nSPS) is 12.8. The molecule has 0 bridgehead atoms. The molecule has 1 aromatic carbocycles. The minimum atomic E-state index is -0.466. The number of aryl methyl sites for hydroxylation is 1. The summed E-state index contributed by atoms with van der Waals surface area (Å²) in [5, 5.41) is 9.44. The quantitative estimate of drug-likeness (QED) is 0.896. The van der Waals surface area contributed by atoms with Crippen LogP contribution in [0, 0.1) is 5.82 Å². The highest BCUT2D eigenvalue weighted by atomic mass is 79.9. The maximum Gasteiger partial charge on any atom is 0.124 e. The molecule has 1 aromatic rings. The first-order valence-corrected chi connectivity index (χ1v) is 5.53. The Morgan fingerprint density at radius 3 is 2.87 bits per heavy atom. The van der Waals surface area contributed by atoms with E-state index in [2.05, 4.69) is 15.9 Å². The molecule has 15 heavy (non-hydrogen) atoms. The lowest BCUT2D eigenvalue weighted by atomic mass is 10.1. The number of ether oxygens (including phenoxy) is 1. The van der Waals surface area contributed by atoms with Crippen LogP contribution in [0.1, 0.15) is 12.0 Å².